The van der Waals surface area contributed by atoms with Crippen molar-refractivity contribution in [2.24, 2.45) is 0 Å². The molecule has 2 rings (SSSR count). The van der Waals surface area contributed by atoms with Gasteiger partial charge in [-0.2, -0.15) is 0 Å². The van der Waals surface area contributed by atoms with Gasteiger partial charge in [0.2, 0.25) is 0 Å². The number of H-pyrrole nitrogens is 1. The van der Waals surface area contributed by atoms with Crippen LogP contribution in [0.3, 0.4) is 0 Å². The molecule has 1 aliphatic heterocycles. The first-order valence-corrected chi connectivity index (χ1v) is 5.77. The van der Waals surface area contributed by atoms with Crippen molar-refractivity contribution in [3.05, 3.63) is 26.9 Å². The third-order valence-electron chi connectivity index (χ3n) is 2.89. The van der Waals surface area contributed by atoms with Crippen molar-refractivity contribution in [3.63, 3.8) is 0 Å². The number of rotatable bonds is 2. The van der Waals surface area contributed by atoms with E-state index in [-0.39, 0.29) is 10.3 Å². The average molecular weight is 276 g/mol. The molecule has 100 valence electrons. The van der Waals surface area contributed by atoms with Gasteiger partial charge in [-0.25, -0.2) is 4.39 Å². The highest BCUT2D eigenvalue weighted by Crippen LogP contribution is 2.31. The van der Waals surface area contributed by atoms with E-state index in [0.717, 1.165) is 0 Å². The van der Waals surface area contributed by atoms with Gasteiger partial charge in [0.15, 0.2) is 17.2 Å². The van der Waals surface area contributed by atoms with Crippen LogP contribution in [0.15, 0.2) is 11.0 Å². The molecule has 3 N–H and O–H groups in total. The summed E-state index contributed by atoms with van der Waals surface area (Å²) in [6, 6.07) is 0. The molecule has 4 atom stereocenters. The van der Waals surface area contributed by atoms with Crippen molar-refractivity contribution < 1.29 is 19.3 Å². The van der Waals surface area contributed by atoms with Crippen LogP contribution in [0.5, 0.6) is 0 Å². The highest BCUT2D eigenvalue weighted by atomic mass is 32.1. The van der Waals surface area contributed by atoms with Crippen molar-refractivity contribution in [3.8, 4) is 0 Å². The van der Waals surface area contributed by atoms with Crippen LogP contribution in [0.1, 0.15) is 11.8 Å². The monoisotopic (exact) mass is 276 g/mol. The summed E-state index contributed by atoms with van der Waals surface area (Å²) < 4.78 is 20.3. The highest BCUT2D eigenvalue weighted by Gasteiger charge is 2.44. The molecule has 0 amide bonds. The van der Waals surface area contributed by atoms with Crippen molar-refractivity contribution in [2.75, 3.05) is 6.61 Å². The van der Waals surface area contributed by atoms with E-state index in [9.17, 15) is 14.3 Å². The first kappa shape index (κ1) is 13.3. The molecule has 1 aromatic rings. The van der Waals surface area contributed by atoms with Crippen LogP contribution in [-0.2, 0) is 4.74 Å². The molecule has 2 heterocycles. The van der Waals surface area contributed by atoms with Crippen LogP contribution in [0, 0.1) is 11.7 Å². The maximum Gasteiger partial charge on any atom is 0.254 e. The van der Waals surface area contributed by atoms with Gasteiger partial charge in [0, 0.05) is 11.8 Å². The third kappa shape index (κ3) is 2.12. The van der Waals surface area contributed by atoms with Gasteiger partial charge in [0.1, 0.15) is 12.2 Å². The van der Waals surface area contributed by atoms with E-state index in [4.69, 9.17) is 22.1 Å². The molecule has 0 aromatic carbocycles. The third-order valence-corrected chi connectivity index (χ3v) is 3.21. The van der Waals surface area contributed by atoms with E-state index in [0.29, 0.717) is 5.56 Å². The summed E-state index contributed by atoms with van der Waals surface area (Å²) in [7, 11) is 0. The van der Waals surface area contributed by atoms with Crippen LogP contribution in [0.4, 0.5) is 4.39 Å². The van der Waals surface area contributed by atoms with Crippen molar-refractivity contribution in [1.82, 2.24) is 9.55 Å². The topological polar surface area (TPSA) is 87.5 Å². The first-order chi connectivity index (χ1) is 8.45. The number of aliphatic hydroxyl groups is 2. The quantitative estimate of drug-likeness (QED) is 0.651. The Balaban J connectivity index is 2.42. The number of halogens is 1. The Bertz CT molecular complexity index is 558. The molecule has 6 nitrogen and oxygen atoms in total. The number of hydrogen-bond donors (Lipinski definition) is 3. The van der Waals surface area contributed by atoms with Gasteiger partial charge in [-0.3, -0.25) is 14.3 Å². The normalized spacial score (nSPS) is 31.8. The molecular weight excluding hydrogens is 263 g/mol. The van der Waals surface area contributed by atoms with E-state index in [1.165, 1.54) is 10.8 Å². The van der Waals surface area contributed by atoms with E-state index in [2.05, 4.69) is 4.98 Å². The number of aromatic nitrogens is 2. The molecule has 1 aliphatic rings. The van der Waals surface area contributed by atoms with E-state index < -0.39 is 31.2 Å². The van der Waals surface area contributed by atoms with Gasteiger partial charge in [-0.05, 0) is 19.1 Å². The number of aliphatic hydroxyl groups excluding tert-OH is 2. The zero-order chi connectivity index (χ0) is 13.4. The van der Waals surface area contributed by atoms with Gasteiger partial charge in [-0.1, -0.05) is 0 Å². The fourth-order valence-electron chi connectivity index (χ4n) is 1.85. The number of hydrogen-bond acceptors (Lipinski definition) is 5. The van der Waals surface area contributed by atoms with E-state index >= 15 is 0 Å². The van der Waals surface area contributed by atoms with Crippen molar-refractivity contribution in [2.45, 2.75) is 31.5 Å². The number of nitrogens with one attached hydrogen (secondary N) is 1. The summed E-state index contributed by atoms with van der Waals surface area (Å²) in [5, 5.41) is 18.5. The summed E-state index contributed by atoms with van der Waals surface area (Å²) in [4.78, 5) is 13.7. The Morgan fingerprint density at radius 2 is 2.33 bits per heavy atom. The second kappa shape index (κ2) is 4.88. The van der Waals surface area contributed by atoms with Crippen molar-refractivity contribution in [1.29, 1.82) is 0 Å². The first-order valence-electron chi connectivity index (χ1n) is 5.36. The SMILES string of the molecule is Cc1cn(C2OC(CO)[C@@H](O)C2F)c(=S)[nH]c1=O. The summed E-state index contributed by atoms with van der Waals surface area (Å²) in [5.41, 5.74) is -0.00903. The zero-order valence-electron chi connectivity index (χ0n) is 9.54. The van der Waals surface area contributed by atoms with Gasteiger partial charge < -0.3 is 14.9 Å². The van der Waals surface area contributed by atoms with Gasteiger partial charge in [0.05, 0.1) is 6.61 Å². The minimum atomic E-state index is -1.72. The standard InChI is InChI=1S/C10H13FN2O4S/c1-4-2-13(10(18)12-8(4)16)9-6(11)7(15)5(3-14)17-9/h2,5-7,9,14-15H,3H2,1H3,(H,12,16,18)/t5?,6?,7-,9?/m1/s1. The highest BCUT2D eigenvalue weighted by molar-refractivity contribution is 7.71. The number of nitrogens with zero attached hydrogens (tertiary/aromatic N) is 1. The predicted molar refractivity (Wildman–Crippen MR) is 62.5 cm³/mol. The Labute approximate surface area is 107 Å². The molecule has 1 fully saturated rings. The molecule has 0 spiro atoms. The summed E-state index contributed by atoms with van der Waals surface area (Å²) in [6.45, 7) is 1.06. The lowest BCUT2D eigenvalue weighted by molar-refractivity contribution is -0.0484. The van der Waals surface area contributed by atoms with E-state index in [1.807, 2.05) is 0 Å². The number of ether oxygens (including phenoxy) is 1. The Morgan fingerprint density at radius 3 is 2.89 bits per heavy atom. The predicted octanol–water partition coefficient (Wildman–Crippen LogP) is -0.197. The summed E-state index contributed by atoms with van der Waals surface area (Å²) >= 11 is 4.92. The Morgan fingerprint density at radius 1 is 1.67 bits per heavy atom. The fourth-order valence-corrected chi connectivity index (χ4v) is 2.10. The van der Waals surface area contributed by atoms with Gasteiger partial charge >= 0.3 is 0 Å². The van der Waals surface area contributed by atoms with Gasteiger partial charge in [0.25, 0.3) is 5.56 Å². The van der Waals surface area contributed by atoms with Gasteiger partial charge in [-0.15, -0.1) is 0 Å². The molecule has 8 heteroatoms. The van der Waals surface area contributed by atoms with Crippen LogP contribution >= 0.6 is 12.2 Å². The Kier molecular flexibility index (Phi) is 3.62. The summed E-state index contributed by atoms with van der Waals surface area (Å²) in [5.74, 6) is 0. The number of aromatic amines is 1. The lowest BCUT2D eigenvalue weighted by atomic mass is 10.1. The maximum absolute atomic E-state index is 13.9. The van der Waals surface area contributed by atoms with Crippen LogP contribution in [0.2, 0.25) is 0 Å². The number of alkyl halides is 1. The molecule has 1 aromatic heterocycles. The fraction of sp³-hybridized carbons (Fsp3) is 0.600. The lowest BCUT2D eigenvalue weighted by Gasteiger charge is -2.17. The molecule has 0 aliphatic carbocycles. The Hall–Kier alpha value is -1.09. The minimum absolute atomic E-state index is 0.00374. The molecule has 1 saturated heterocycles. The second-order valence-corrected chi connectivity index (χ2v) is 4.55. The molecular formula is C10H13FN2O4S. The van der Waals surface area contributed by atoms with E-state index in [1.54, 1.807) is 6.92 Å². The lowest BCUT2D eigenvalue weighted by Crippen LogP contribution is -2.30. The van der Waals surface area contributed by atoms with Crippen molar-refractivity contribution >= 4 is 12.2 Å². The van der Waals surface area contributed by atoms with Crippen LogP contribution in [-0.4, -0.2) is 44.8 Å². The zero-order valence-corrected chi connectivity index (χ0v) is 10.4. The number of aryl methyl sites for hydroxylation is 1. The minimum Gasteiger partial charge on any atom is -0.394 e. The maximum atomic E-state index is 13.9. The van der Waals surface area contributed by atoms with Crippen LogP contribution in [0.25, 0.3) is 0 Å². The summed E-state index contributed by atoms with van der Waals surface area (Å²) in [6.07, 6.45) is -3.93. The molecule has 0 saturated carbocycles. The van der Waals surface area contributed by atoms with Crippen LogP contribution < -0.4 is 5.56 Å². The average Bonchev–Trinajstić information content (AvgIpc) is 2.61. The molecule has 0 bridgehead atoms. The molecule has 0 radical (unpaired) electrons. The molecule has 18 heavy (non-hydrogen) atoms. The smallest absolute Gasteiger partial charge is 0.254 e. The molecule has 3 unspecified atom stereocenters. The second-order valence-electron chi connectivity index (χ2n) is 4.16. The largest absolute Gasteiger partial charge is 0.394 e.